The van der Waals surface area contributed by atoms with E-state index < -0.39 is 0 Å². The molecular formula is C20H19N3O2S. The van der Waals surface area contributed by atoms with Gasteiger partial charge in [0.05, 0.1) is 18.9 Å². The van der Waals surface area contributed by atoms with E-state index in [4.69, 9.17) is 15.2 Å². The quantitative estimate of drug-likeness (QED) is 0.597. The molecule has 0 fully saturated rings. The van der Waals surface area contributed by atoms with Gasteiger partial charge in [0.25, 0.3) is 0 Å². The molecule has 0 atom stereocenters. The lowest BCUT2D eigenvalue weighted by Gasteiger charge is -2.11. The van der Waals surface area contributed by atoms with Gasteiger partial charge in [-0.1, -0.05) is 23.9 Å². The van der Waals surface area contributed by atoms with Crippen LogP contribution in [0.1, 0.15) is 12.0 Å². The molecule has 2 heterocycles. The van der Waals surface area contributed by atoms with Gasteiger partial charge in [0, 0.05) is 16.9 Å². The third-order valence-electron chi connectivity index (χ3n) is 4.06. The van der Waals surface area contributed by atoms with Gasteiger partial charge in [0.1, 0.15) is 16.5 Å². The molecule has 6 bridgehead atoms. The van der Waals surface area contributed by atoms with Crippen LogP contribution in [0.2, 0.25) is 0 Å². The Bertz CT molecular complexity index is 946. The first-order valence-corrected chi connectivity index (χ1v) is 9.28. The number of aromatic nitrogens is 2. The Morgan fingerprint density at radius 1 is 0.962 bits per heavy atom. The molecule has 3 aromatic rings. The second-order valence-corrected chi connectivity index (χ2v) is 7.15. The Balaban J connectivity index is 1.81. The molecule has 1 aliphatic rings. The van der Waals surface area contributed by atoms with E-state index in [0.717, 1.165) is 44.7 Å². The fourth-order valence-corrected chi connectivity index (χ4v) is 3.66. The number of ether oxygens (including phenoxy) is 2. The normalized spacial score (nSPS) is 13.7. The number of hydrogen-bond acceptors (Lipinski definition) is 6. The Morgan fingerprint density at radius 2 is 1.77 bits per heavy atom. The van der Waals surface area contributed by atoms with Crippen molar-refractivity contribution in [3.63, 3.8) is 0 Å². The SMILES string of the molecule is Cc1ccc2cc1-c1cc(nc(N)n1)Sc1cccc(c1)OCCCO2. The van der Waals surface area contributed by atoms with Gasteiger partial charge < -0.3 is 15.2 Å². The maximum atomic E-state index is 5.97. The minimum Gasteiger partial charge on any atom is -0.493 e. The third kappa shape index (κ3) is 3.75. The zero-order valence-corrected chi connectivity index (χ0v) is 15.3. The molecule has 132 valence electrons. The van der Waals surface area contributed by atoms with E-state index in [-0.39, 0.29) is 5.95 Å². The Labute approximate surface area is 156 Å². The summed E-state index contributed by atoms with van der Waals surface area (Å²) < 4.78 is 11.7. The first-order valence-electron chi connectivity index (χ1n) is 8.46. The van der Waals surface area contributed by atoms with Crippen LogP contribution in [0.5, 0.6) is 11.5 Å². The Hall–Kier alpha value is -2.73. The summed E-state index contributed by atoms with van der Waals surface area (Å²) in [6.45, 7) is 3.25. The summed E-state index contributed by atoms with van der Waals surface area (Å²) in [5.74, 6) is 1.91. The number of rotatable bonds is 0. The molecule has 0 radical (unpaired) electrons. The number of nitrogens with two attached hydrogens (primary N) is 1. The van der Waals surface area contributed by atoms with Crippen molar-refractivity contribution in [1.29, 1.82) is 0 Å². The molecule has 2 aromatic carbocycles. The van der Waals surface area contributed by atoms with Crippen molar-refractivity contribution in [2.24, 2.45) is 0 Å². The minimum absolute atomic E-state index is 0.257. The molecule has 0 amide bonds. The van der Waals surface area contributed by atoms with Gasteiger partial charge in [0.2, 0.25) is 5.95 Å². The van der Waals surface area contributed by atoms with E-state index in [2.05, 4.69) is 16.9 Å². The molecule has 2 N–H and O–H groups in total. The lowest BCUT2D eigenvalue weighted by atomic mass is 10.1. The summed E-state index contributed by atoms with van der Waals surface area (Å²) in [6, 6.07) is 15.9. The van der Waals surface area contributed by atoms with Crippen LogP contribution in [0.4, 0.5) is 5.95 Å². The minimum atomic E-state index is 0.257. The van der Waals surface area contributed by atoms with Crippen LogP contribution in [0.3, 0.4) is 0 Å². The number of aryl methyl sites for hydroxylation is 1. The highest BCUT2D eigenvalue weighted by Gasteiger charge is 2.11. The van der Waals surface area contributed by atoms with Gasteiger partial charge >= 0.3 is 0 Å². The lowest BCUT2D eigenvalue weighted by molar-refractivity contribution is 0.247. The maximum Gasteiger partial charge on any atom is 0.221 e. The van der Waals surface area contributed by atoms with E-state index in [1.165, 1.54) is 0 Å². The molecule has 4 rings (SSSR count). The summed E-state index contributed by atoms with van der Waals surface area (Å²) in [7, 11) is 0. The highest BCUT2D eigenvalue weighted by Crippen LogP contribution is 2.33. The molecule has 5 nitrogen and oxygen atoms in total. The van der Waals surface area contributed by atoms with Gasteiger partial charge in [0.15, 0.2) is 0 Å². The molecule has 1 aliphatic heterocycles. The van der Waals surface area contributed by atoms with Gasteiger partial charge in [-0.05, 0) is 48.9 Å². The van der Waals surface area contributed by atoms with Crippen molar-refractivity contribution in [3.8, 4) is 22.8 Å². The molecule has 0 unspecified atom stereocenters. The maximum absolute atomic E-state index is 5.97. The second kappa shape index (κ2) is 7.25. The van der Waals surface area contributed by atoms with Gasteiger partial charge in [-0.15, -0.1) is 0 Å². The predicted molar refractivity (Wildman–Crippen MR) is 103 cm³/mol. The first kappa shape index (κ1) is 16.7. The smallest absolute Gasteiger partial charge is 0.221 e. The number of nitrogen functional groups attached to an aromatic ring is 1. The monoisotopic (exact) mass is 365 g/mol. The van der Waals surface area contributed by atoms with E-state index in [1.54, 1.807) is 11.8 Å². The first-order chi connectivity index (χ1) is 12.7. The van der Waals surface area contributed by atoms with Crippen LogP contribution in [0.15, 0.2) is 58.5 Å². The Morgan fingerprint density at radius 3 is 2.62 bits per heavy atom. The lowest BCUT2D eigenvalue weighted by Crippen LogP contribution is -2.05. The van der Waals surface area contributed by atoms with E-state index in [9.17, 15) is 0 Å². The van der Waals surface area contributed by atoms with Crippen molar-refractivity contribution in [1.82, 2.24) is 9.97 Å². The number of fused-ring (bicyclic) bond motifs is 7. The van der Waals surface area contributed by atoms with Gasteiger partial charge in [-0.2, -0.15) is 0 Å². The van der Waals surface area contributed by atoms with Crippen LogP contribution in [-0.4, -0.2) is 23.2 Å². The molecule has 0 saturated heterocycles. The molecule has 1 aromatic heterocycles. The number of anilines is 1. The highest BCUT2D eigenvalue weighted by atomic mass is 32.2. The predicted octanol–water partition coefficient (Wildman–Crippen LogP) is 4.35. The molecule has 26 heavy (non-hydrogen) atoms. The zero-order valence-electron chi connectivity index (χ0n) is 14.4. The molecule has 0 spiro atoms. The largest absolute Gasteiger partial charge is 0.493 e. The highest BCUT2D eigenvalue weighted by molar-refractivity contribution is 7.99. The summed E-state index contributed by atoms with van der Waals surface area (Å²) in [5.41, 5.74) is 8.88. The van der Waals surface area contributed by atoms with Crippen LogP contribution in [0, 0.1) is 6.92 Å². The third-order valence-corrected chi connectivity index (χ3v) is 4.97. The average Bonchev–Trinajstić information content (AvgIpc) is 2.62. The summed E-state index contributed by atoms with van der Waals surface area (Å²) in [5, 5.41) is 0.797. The number of hydrogen-bond donors (Lipinski definition) is 1. The van der Waals surface area contributed by atoms with Gasteiger partial charge in [-0.3, -0.25) is 0 Å². The van der Waals surface area contributed by atoms with Crippen LogP contribution in [-0.2, 0) is 0 Å². The fourth-order valence-electron chi connectivity index (χ4n) is 2.79. The summed E-state index contributed by atoms with van der Waals surface area (Å²) in [6.07, 6.45) is 0.807. The summed E-state index contributed by atoms with van der Waals surface area (Å²) >= 11 is 1.54. The number of nitrogens with zero attached hydrogens (tertiary/aromatic N) is 2. The van der Waals surface area contributed by atoms with Crippen molar-refractivity contribution >= 4 is 17.7 Å². The topological polar surface area (TPSA) is 70.3 Å². The standard InChI is InChI=1S/C20H19N3O2S/c1-13-6-7-15-11-17(13)18-12-19(23-20(21)22-18)26-16-5-2-4-14(10-16)24-8-3-9-25-15/h2,4-7,10-12H,3,8-9H2,1H3,(H2,21,22,23). The molecular weight excluding hydrogens is 346 g/mol. The van der Waals surface area contributed by atoms with Crippen molar-refractivity contribution in [2.45, 2.75) is 23.3 Å². The molecule has 6 heteroatoms. The van der Waals surface area contributed by atoms with Crippen molar-refractivity contribution < 1.29 is 9.47 Å². The second-order valence-electron chi connectivity index (χ2n) is 6.05. The average molecular weight is 365 g/mol. The van der Waals surface area contributed by atoms with Crippen molar-refractivity contribution in [2.75, 3.05) is 18.9 Å². The number of benzene rings is 2. The van der Waals surface area contributed by atoms with E-state index >= 15 is 0 Å². The summed E-state index contributed by atoms with van der Waals surface area (Å²) in [4.78, 5) is 9.85. The fraction of sp³-hybridized carbons (Fsp3) is 0.200. The van der Waals surface area contributed by atoms with E-state index in [1.807, 2.05) is 48.5 Å². The van der Waals surface area contributed by atoms with Crippen molar-refractivity contribution in [3.05, 3.63) is 54.1 Å². The van der Waals surface area contributed by atoms with Gasteiger partial charge in [-0.25, -0.2) is 9.97 Å². The van der Waals surface area contributed by atoms with Crippen LogP contribution >= 0.6 is 11.8 Å². The zero-order chi connectivity index (χ0) is 17.9. The molecule has 0 saturated carbocycles. The molecule has 0 aliphatic carbocycles. The van der Waals surface area contributed by atoms with E-state index in [0.29, 0.717) is 13.2 Å². The van der Waals surface area contributed by atoms with Crippen LogP contribution < -0.4 is 15.2 Å². The Kier molecular flexibility index (Phi) is 4.67. The van der Waals surface area contributed by atoms with Crippen LogP contribution in [0.25, 0.3) is 11.3 Å².